The molecule has 0 unspecified atom stereocenters. The number of primary amides is 1. The van der Waals surface area contributed by atoms with Gasteiger partial charge in [-0.1, -0.05) is 13.8 Å². The number of carbonyl (C=O) groups is 1. The van der Waals surface area contributed by atoms with Gasteiger partial charge in [0.05, 0.1) is 6.54 Å². The van der Waals surface area contributed by atoms with Crippen molar-refractivity contribution in [2.75, 3.05) is 32.7 Å². The largest absolute Gasteiger partial charge is 0.369 e. The van der Waals surface area contributed by atoms with Gasteiger partial charge in [0, 0.05) is 6.54 Å². The standard InChI is InChI=1S/C13H27N3O/c1-11(2)9-16(10-13(14)17)8-5-12-3-6-15-7-4-12/h11-12,15H,3-10H2,1-2H3,(H2,14,17). The van der Waals surface area contributed by atoms with Crippen LogP contribution in [0.3, 0.4) is 0 Å². The number of nitrogens with two attached hydrogens (primary N) is 1. The molecule has 100 valence electrons. The van der Waals surface area contributed by atoms with Crippen molar-refractivity contribution in [1.82, 2.24) is 10.2 Å². The molecule has 1 saturated heterocycles. The van der Waals surface area contributed by atoms with E-state index in [2.05, 4.69) is 24.1 Å². The lowest BCUT2D eigenvalue weighted by atomic mass is 9.94. The lowest BCUT2D eigenvalue weighted by Crippen LogP contribution is -2.38. The fourth-order valence-electron chi connectivity index (χ4n) is 2.51. The van der Waals surface area contributed by atoms with Crippen molar-refractivity contribution in [3.05, 3.63) is 0 Å². The highest BCUT2D eigenvalue weighted by atomic mass is 16.1. The van der Waals surface area contributed by atoms with Gasteiger partial charge < -0.3 is 11.1 Å². The minimum atomic E-state index is -0.212. The van der Waals surface area contributed by atoms with Gasteiger partial charge in [0.25, 0.3) is 0 Å². The Balaban J connectivity index is 2.28. The van der Waals surface area contributed by atoms with Crippen LogP contribution < -0.4 is 11.1 Å². The second-order valence-corrected chi connectivity index (χ2v) is 5.58. The Hall–Kier alpha value is -0.610. The molecule has 0 saturated carbocycles. The average Bonchev–Trinajstić information content (AvgIpc) is 2.26. The molecule has 0 radical (unpaired) electrons. The van der Waals surface area contributed by atoms with Crippen molar-refractivity contribution in [2.24, 2.45) is 17.6 Å². The molecule has 0 bridgehead atoms. The Morgan fingerprint density at radius 1 is 1.41 bits per heavy atom. The van der Waals surface area contributed by atoms with Gasteiger partial charge in [-0.05, 0) is 50.7 Å². The topological polar surface area (TPSA) is 58.4 Å². The SMILES string of the molecule is CC(C)CN(CCC1CCNCC1)CC(N)=O. The van der Waals surface area contributed by atoms with Crippen molar-refractivity contribution in [2.45, 2.75) is 33.1 Å². The molecule has 0 aromatic heterocycles. The highest BCUT2D eigenvalue weighted by Crippen LogP contribution is 2.16. The van der Waals surface area contributed by atoms with Crippen LogP contribution in [0.4, 0.5) is 0 Å². The monoisotopic (exact) mass is 241 g/mol. The van der Waals surface area contributed by atoms with Crippen LogP contribution in [0.5, 0.6) is 0 Å². The number of rotatable bonds is 7. The molecule has 0 aromatic rings. The molecule has 0 spiro atoms. The lowest BCUT2D eigenvalue weighted by Gasteiger charge is -2.27. The van der Waals surface area contributed by atoms with Crippen LogP contribution >= 0.6 is 0 Å². The van der Waals surface area contributed by atoms with E-state index >= 15 is 0 Å². The van der Waals surface area contributed by atoms with Crippen LogP contribution in [0.25, 0.3) is 0 Å². The zero-order chi connectivity index (χ0) is 12.7. The van der Waals surface area contributed by atoms with Crippen LogP contribution in [0.15, 0.2) is 0 Å². The molecule has 4 heteroatoms. The molecule has 0 aliphatic carbocycles. The third kappa shape index (κ3) is 6.64. The Morgan fingerprint density at radius 2 is 2.06 bits per heavy atom. The van der Waals surface area contributed by atoms with Crippen LogP contribution in [-0.4, -0.2) is 43.5 Å². The van der Waals surface area contributed by atoms with Crippen LogP contribution in [0.1, 0.15) is 33.1 Å². The number of nitrogens with one attached hydrogen (secondary N) is 1. The van der Waals surface area contributed by atoms with E-state index in [0.717, 1.165) is 32.1 Å². The highest BCUT2D eigenvalue weighted by molar-refractivity contribution is 5.75. The fraction of sp³-hybridized carbons (Fsp3) is 0.923. The summed E-state index contributed by atoms with van der Waals surface area (Å²) < 4.78 is 0. The molecule has 0 atom stereocenters. The molecular formula is C13H27N3O. The fourth-order valence-corrected chi connectivity index (χ4v) is 2.51. The van der Waals surface area contributed by atoms with Crippen molar-refractivity contribution < 1.29 is 4.79 Å². The zero-order valence-corrected chi connectivity index (χ0v) is 11.2. The summed E-state index contributed by atoms with van der Waals surface area (Å²) >= 11 is 0. The lowest BCUT2D eigenvalue weighted by molar-refractivity contribution is -0.119. The van der Waals surface area contributed by atoms with Gasteiger partial charge in [-0.2, -0.15) is 0 Å². The maximum absolute atomic E-state index is 11.0. The van der Waals surface area contributed by atoms with E-state index in [1.807, 2.05) is 0 Å². The van der Waals surface area contributed by atoms with Gasteiger partial charge in [-0.15, -0.1) is 0 Å². The third-order valence-corrected chi connectivity index (χ3v) is 3.32. The van der Waals surface area contributed by atoms with Crippen molar-refractivity contribution >= 4 is 5.91 Å². The normalized spacial score (nSPS) is 17.9. The maximum Gasteiger partial charge on any atom is 0.231 e. The minimum Gasteiger partial charge on any atom is -0.369 e. The number of hydrogen-bond acceptors (Lipinski definition) is 3. The van der Waals surface area contributed by atoms with Crippen molar-refractivity contribution in [1.29, 1.82) is 0 Å². The molecule has 1 aliphatic rings. The van der Waals surface area contributed by atoms with E-state index in [1.165, 1.54) is 19.3 Å². The summed E-state index contributed by atoms with van der Waals surface area (Å²) in [5.41, 5.74) is 5.29. The molecule has 1 rings (SSSR count). The molecule has 1 heterocycles. The first-order chi connectivity index (χ1) is 8.08. The predicted octanol–water partition coefficient (Wildman–Crippen LogP) is 0.819. The quantitative estimate of drug-likeness (QED) is 0.694. The van der Waals surface area contributed by atoms with Gasteiger partial charge in [0.1, 0.15) is 0 Å². The van der Waals surface area contributed by atoms with Gasteiger partial charge in [-0.25, -0.2) is 0 Å². The Bertz CT molecular complexity index is 225. The second kappa shape index (κ2) is 7.67. The summed E-state index contributed by atoms with van der Waals surface area (Å²) in [5.74, 6) is 1.19. The Kier molecular flexibility index (Phi) is 6.52. The molecule has 4 nitrogen and oxygen atoms in total. The van der Waals surface area contributed by atoms with Gasteiger partial charge in [0.2, 0.25) is 5.91 Å². The summed E-state index contributed by atoms with van der Waals surface area (Å²) in [7, 11) is 0. The first-order valence-electron chi connectivity index (χ1n) is 6.79. The third-order valence-electron chi connectivity index (χ3n) is 3.32. The average molecular weight is 241 g/mol. The first kappa shape index (κ1) is 14.5. The van der Waals surface area contributed by atoms with Crippen LogP contribution in [0, 0.1) is 11.8 Å². The molecular weight excluding hydrogens is 214 g/mol. The molecule has 3 N–H and O–H groups in total. The predicted molar refractivity (Wildman–Crippen MR) is 70.7 cm³/mol. The second-order valence-electron chi connectivity index (χ2n) is 5.58. The number of nitrogens with zero attached hydrogens (tertiary/aromatic N) is 1. The molecule has 1 aliphatic heterocycles. The van der Waals surface area contributed by atoms with Gasteiger partial charge in [-0.3, -0.25) is 9.69 Å². The smallest absolute Gasteiger partial charge is 0.231 e. The summed E-state index contributed by atoms with van der Waals surface area (Å²) in [6, 6.07) is 0. The summed E-state index contributed by atoms with van der Waals surface area (Å²) in [5, 5.41) is 3.38. The Labute approximate surface area is 105 Å². The minimum absolute atomic E-state index is 0.212. The van der Waals surface area contributed by atoms with E-state index in [4.69, 9.17) is 5.73 Å². The molecule has 0 aromatic carbocycles. The Morgan fingerprint density at radius 3 is 2.59 bits per heavy atom. The summed E-state index contributed by atoms with van der Waals surface area (Å²) in [6.07, 6.45) is 3.74. The van der Waals surface area contributed by atoms with Crippen LogP contribution in [-0.2, 0) is 4.79 Å². The molecule has 1 fully saturated rings. The number of piperidine rings is 1. The maximum atomic E-state index is 11.0. The summed E-state index contributed by atoms with van der Waals surface area (Å²) in [6.45, 7) is 9.02. The number of amides is 1. The van der Waals surface area contributed by atoms with E-state index in [-0.39, 0.29) is 5.91 Å². The highest BCUT2D eigenvalue weighted by Gasteiger charge is 2.16. The van der Waals surface area contributed by atoms with Crippen molar-refractivity contribution in [3.63, 3.8) is 0 Å². The van der Waals surface area contributed by atoms with Gasteiger partial charge in [0.15, 0.2) is 0 Å². The van der Waals surface area contributed by atoms with E-state index in [1.54, 1.807) is 0 Å². The van der Waals surface area contributed by atoms with E-state index in [0.29, 0.717) is 12.5 Å². The molecule has 17 heavy (non-hydrogen) atoms. The first-order valence-corrected chi connectivity index (χ1v) is 6.79. The number of carbonyl (C=O) groups excluding carboxylic acids is 1. The van der Waals surface area contributed by atoms with Gasteiger partial charge >= 0.3 is 0 Å². The van der Waals surface area contributed by atoms with E-state index in [9.17, 15) is 4.79 Å². The number of hydrogen-bond donors (Lipinski definition) is 2. The molecule has 1 amide bonds. The van der Waals surface area contributed by atoms with Crippen molar-refractivity contribution in [3.8, 4) is 0 Å². The van der Waals surface area contributed by atoms with E-state index < -0.39 is 0 Å². The van der Waals surface area contributed by atoms with Crippen LogP contribution in [0.2, 0.25) is 0 Å². The zero-order valence-electron chi connectivity index (χ0n) is 11.2. The summed E-state index contributed by atoms with van der Waals surface area (Å²) in [4.78, 5) is 13.2.